The maximum absolute atomic E-state index is 11.6. The predicted molar refractivity (Wildman–Crippen MR) is 57.4 cm³/mol. The van der Waals surface area contributed by atoms with E-state index in [0.717, 1.165) is 19.3 Å². The number of rotatable bonds is 5. The molecule has 1 aliphatic heterocycles. The van der Waals surface area contributed by atoms with Gasteiger partial charge in [0.1, 0.15) is 6.10 Å². The Morgan fingerprint density at radius 2 is 2.40 bits per heavy atom. The molecule has 1 heterocycles. The summed E-state index contributed by atoms with van der Waals surface area (Å²) in [6, 6.07) is 0. The van der Waals surface area contributed by atoms with E-state index in [2.05, 4.69) is 5.32 Å². The van der Waals surface area contributed by atoms with Gasteiger partial charge in [0.25, 0.3) is 0 Å². The molecule has 0 radical (unpaired) electrons. The highest BCUT2D eigenvalue weighted by Gasteiger charge is 2.30. The zero-order chi connectivity index (χ0) is 11.3. The van der Waals surface area contributed by atoms with Crippen molar-refractivity contribution in [3.05, 3.63) is 0 Å². The topological polar surface area (TPSA) is 58.6 Å². The van der Waals surface area contributed by atoms with Gasteiger partial charge in [-0.2, -0.15) is 0 Å². The van der Waals surface area contributed by atoms with E-state index < -0.39 is 0 Å². The molecule has 0 aromatic rings. The summed E-state index contributed by atoms with van der Waals surface area (Å²) in [6.45, 7) is 5.10. The second-order valence-electron chi connectivity index (χ2n) is 4.34. The van der Waals surface area contributed by atoms with Crippen LogP contribution in [0.5, 0.6) is 0 Å². The molecule has 1 rings (SSSR count). The second kappa shape index (κ2) is 6.08. The minimum Gasteiger partial charge on any atom is -0.393 e. The quantitative estimate of drug-likeness (QED) is 0.663. The largest absolute Gasteiger partial charge is 0.393 e. The first-order valence-corrected chi connectivity index (χ1v) is 5.68. The van der Waals surface area contributed by atoms with Gasteiger partial charge in [-0.25, -0.2) is 0 Å². The standard InChI is InChI=1S/C11H21NO3/c1-8-5-7-15-10(8)11(14)12-6-3-4-9(2)13/h8-10,13H,3-7H2,1-2H3,(H,12,14). The first-order valence-electron chi connectivity index (χ1n) is 5.68. The molecule has 1 aliphatic rings. The molecule has 3 unspecified atom stereocenters. The summed E-state index contributed by atoms with van der Waals surface area (Å²) in [5.74, 6) is 0.312. The highest BCUT2D eigenvalue weighted by molar-refractivity contribution is 5.81. The molecule has 1 saturated heterocycles. The van der Waals surface area contributed by atoms with Crippen molar-refractivity contribution < 1.29 is 14.6 Å². The predicted octanol–water partition coefficient (Wildman–Crippen LogP) is 0.689. The van der Waals surface area contributed by atoms with Gasteiger partial charge < -0.3 is 15.2 Å². The Balaban J connectivity index is 2.13. The molecule has 0 aromatic carbocycles. The average Bonchev–Trinajstić information content (AvgIpc) is 2.58. The van der Waals surface area contributed by atoms with Crippen LogP contribution in [0.1, 0.15) is 33.1 Å². The van der Waals surface area contributed by atoms with Gasteiger partial charge in [0.05, 0.1) is 6.10 Å². The van der Waals surface area contributed by atoms with Crippen LogP contribution in [0, 0.1) is 5.92 Å². The van der Waals surface area contributed by atoms with Crippen molar-refractivity contribution >= 4 is 5.91 Å². The molecule has 0 spiro atoms. The van der Waals surface area contributed by atoms with E-state index in [0.29, 0.717) is 19.1 Å². The Hall–Kier alpha value is -0.610. The highest BCUT2D eigenvalue weighted by Crippen LogP contribution is 2.19. The molecule has 0 aliphatic carbocycles. The minimum absolute atomic E-state index is 0.00871. The lowest BCUT2D eigenvalue weighted by Crippen LogP contribution is -2.37. The normalized spacial score (nSPS) is 27.7. The maximum Gasteiger partial charge on any atom is 0.249 e. The number of hydrogen-bond donors (Lipinski definition) is 2. The fraction of sp³-hybridized carbons (Fsp3) is 0.909. The molecule has 1 fully saturated rings. The number of aliphatic hydroxyl groups is 1. The van der Waals surface area contributed by atoms with Gasteiger partial charge in [0, 0.05) is 13.2 Å². The summed E-state index contributed by atoms with van der Waals surface area (Å²) < 4.78 is 5.34. The molecule has 2 N–H and O–H groups in total. The van der Waals surface area contributed by atoms with Crippen LogP contribution in [0.15, 0.2) is 0 Å². The fourth-order valence-electron chi connectivity index (χ4n) is 1.74. The summed E-state index contributed by atoms with van der Waals surface area (Å²) in [4.78, 5) is 11.6. The van der Waals surface area contributed by atoms with E-state index in [9.17, 15) is 4.79 Å². The molecule has 0 aromatic heterocycles. The van der Waals surface area contributed by atoms with Crippen molar-refractivity contribution in [3.63, 3.8) is 0 Å². The summed E-state index contributed by atoms with van der Waals surface area (Å²) in [7, 11) is 0. The number of nitrogens with one attached hydrogen (secondary N) is 1. The molecule has 4 nitrogen and oxygen atoms in total. The van der Waals surface area contributed by atoms with Gasteiger partial charge in [-0.1, -0.05) is 6.92 Å². The van der Waals surface area contributed by atoms with Crippen molar-refractivity contribution in [2.24, 2.45) is 5.92 Å². The van der Waals surface area contributed by atoms with Crippen LogP contribution in [-0.2, 0) is 9.53 Å². The smallest absolute Gasteiger partial charge is 0.249 e. The average molecular weight is 215 g/mol. The lowest BCUT2D eigenvalue weighted by Gasteiger charge is -2.14. The molecule has 4 heteroatoms. The molecular weight excluding hydrogens is 194 g/mol. The third-order valence-electron chi connectivity index (χ3n) is 2.74. The van der Waals surface area contributed by atoms with Gasteiger partial charge in [0.2, 0.25) is 5.91 Å². The van der Waals surface area contributed by atoms with Crippen molar-refractivity contribution in [3.8, 4) is 0 Å². The van der Waals surface area contributed by atoms with E-state index in [1.54, 1.807) is 6.92 Å². The van der Waals surface area contributed by atoms with Crippen LogP contribution in [0.3, 0.4) is 0 Å². The van der Waals surface area contributed by atoms with Gasteiger partial charge in [-0.15, -0.1) is 0 Å². The van der Waals surface area contributed by atoms with Crippen molar-refractivity contribution in [2.75, 3.05) is 13.2 Å². The van der Waals surface area contributed by atoms with Crippen LogP contribution < -0.4 is 5.32 Å². The molecular formula is C11H21NO3. The Kier molecular flexibility index (Phi) is 5.05. The van der Waals surface area contributed by atoms with E-state index in [1.807, 2.05) is 6.92 Å². The molecule has 15 heavy (non-hydrogen) atoms. The highest BCUT2D eigenvalue weighted by atomic mass is 16.5. The van der Waals surface area contributed by atoms with Gasteiger partial charge in [-0.3, -0.25) is 4.79 Å². The van der Waals surface area contributed by atoms with E-state index in [4.69, 9.17) is 9.84 Å². The Bertz CT molecular complexity index is 206. The van der Waals surface area contributed by atoms with Crippen LogP contribution >= 0.6 is 0 Å². The third kappa shape index (κ3) is 4.18. The Labute approximate surface area is 91.0 Å². The van der Waals surface area contributed by atoms with Crippen LogP contribution in [0.25, 0.3) is 0 Å². The molecule has 1 amide bonds. The molecule has 88 valence electrons. The summed E-state index contributed by atoms with van der Waals surface area (Å²) >= 11 is 0. The van der Waals surface area contributed by atoms with Crippen LogP contribution in [-0.4, -0.2) is 36.4 Å². The minimum atomic E-state index is -0.288. The monoisotopic (exact) mass is 215 g/mol. The van der Waals surface area contributed by atoms with Crippen molar-refractivity contribution in [1.82, 2.24) is 5.32 Å². The first kappa shape index (κ1) is 12.5. The van der Waals surface area contributed by atoms with Crippen molar-refractivity contribution in [1.29, 1.82) is 0 Å². The molecule has 0 bridgehead atoms. The summed E-state index contributed by atoms with van der Waals surface area (Å²) in [5, 5.41) is 11.9. The van der Waals surface area contributed by atoms with E-state index >= 15 is 0 Å². The first-order chi connectivity index (χ1) is 7.11. The summed E-state index contributed by atoms with van der Waals surface area (Å²) in [5.41, 5.74) is 0. The number of carbonyl (C=O) groups excluding carboxylic acids is 1. The van der Waals surface area contributed by atoms with Crippen LogP contribution in [0.2, 0.25) is 0 Å². The number of amides is 1. The SMILES string of the molecule is CC(O)CCCNC(=O)C1OCCC1C. The Morgan fingerprint density at radius 3 is 2.93 bits per heavy atom. The van der Waals surface area contributed by atoms with Crippen molar-refractivity contribution in [2.45, 2.75) is 45.3 Å². The molecule has 3 atom stereocenters. The summed E-state index contributed by atoms with van der Waals surface area (Å²) in [6.07, 6.45) is 1.94. The van der Waals surface area contributed by atoms with Gasteiger partial charge in [0.15, 0.2) is 0 Å². The van der Waals surface area contributed by atoms with Crippen LogP contribution in [0.4, 0.5) is 0 Å². The maximum atomic E-state index is 11.6. The lowest BCUT2D eigenvalue weighted by molar-refractivity contribution is -0.131. The van der Waals surface area contributed by atoms with Gasteiger partial charge in [-0.05, 0) is 32.1 Å². The van der Waals surface area contributed by atoms with E-state index in [-0.39, 0.29) is 18.1 Å². The van der Waals surface area contributed by atoms with E-state index in [1.165, 1.54) is 0 Å². The number of ether oxygens (including phenoxy) is 1. The molecule has 0 saturated carbocycles. The number of aliphatic hydroxyl groups excluding tert-OH is 1. The van der Waals surface area contributed by atoms with Gasteiger partial charge >= 0.3 is 0 Å². The lowest BCUT2D eigenvalue weighted by atomic mass is 10.0. The zero-order valence-corrected chi connectivity index (χ0v) is 9.53. The fourth-order valence-corrected chi connectivity index (χ4v) is 1.74. The zero-order valence-electron chi connectivity index (χ0n) is 9.53. The number of carbonyl (C=O) groups is 1. The third-order valence-corrected chi connectivity index (χ3v) is 2.74. The number of hydrogen-bond acceptors (Lipinski definition) is 3. The Morgan fingerprint density at radius 1 is 1.67 bits per heavy atom. The second-order valence-corrected chi connectivity index (χ2v) is 4.34.